The van der Waals surface area contributed by atoms with Crippen LogP contribution >= 0.6 is 0 Å². The zero-order valence-corrected chi connectivity index (χ0v) is 14.5. The van der Waals surface area contributed by atoms with Gasteiger partial charge >= 0.3 is 0 Å². The van der Waals surface area contributed by atoms with E-state index >= 15 is 0 Å². The highest BCUT2D eigenvalue weighted by atomic mass is 16.2. The van der Waals surface area contributed by atoms with E-state index < -0.39 is 0 Å². The van der Waals surface area contributed by atoms with Gasteiger partial charge < -0.3 is 15.1 Å². The van der Waals surface area contributed by atoms with Crippen LogP contribution in [0.1, 0.15) is 23.1 Å². The number of rotatable bonds is 3. The number of benzene rings is 1. The quantitative estimate of drug-likeness (QED) is 0.933. The molecule has 0 bridgehead atoms. The molecule has 0 radical (unpaired) electrons. The van der Waals surface area contributed by atoms with Crippen LogP contribution in [-0.2, 0) is 4.79 Å². The highest BCUT2D eigenvalue weighted by molar-refractivity contribution is 6.04. The molecule has 1 aliphatic rings. The van der Waals surface area contributed by atoms with E-state index in [4.69, 9.17) is 0 Å². The summed E-state index contributed by atoms with van der Waals surface area (Å²) in [5.41, 5.74) is 2.93. The van der Waals surface area contributed by atoms with Crippen LogP contribution in [0.5, 0.6) is 0 Å². The van der Waals surface area contributed by atoms with Crippen LogP contribution in [0.3, 0.4) is 0 Å². The third-order valence-electron chi connectivity index (χ3n) is 4.34. The number of hydrogen-bond donors (Lipinski definition) is 1. The maximum atomic E-state index is 12.5. The fraction of sp³-hybridized carbons (Fsp3) is 0.316. The van der Waals surface area contributed by atoms with Crippen LogP contribution in [-0.4, -0.2) is 47.9 Å². The molecule has 2 aromatic rings. The lowest BCUT2D eigenvalue weighted by Crippen LogP contribution is -2.48. The number of carbonyl (C=O) groups excluding carboxylic acids is 2. The standard InChI is InChI=1S/C19H22N4O2/c1-14-6-5-8-17(20-14)19(25)21-16-7-3-4-9-18(16)23-12-10-22(11-13-23)15(2)24/h3-9H,10-13H2,1-2H3,(H,21,25). The Balaban J connectivity index is 1.75. The van der Waals surface area contributed by atoms with Crippen molar-refractivity contribution in [2.75, 3.05) is 36.4 Å². The van der Waals surface area contributed by atoms with E-state index in [0.717, 1.165) is 30.2 Å². The molecule has 1 aromatic carbocycles. The zero-order valence-electron chi connectivity index (χ0n) is 14.5. The number of aromatic nitrogens is 1. The summed E-state index contributed by atoms with van der Waals surface area (Å²) in [5, 5.41) is 2.96. The average Bonchev–Trinajstić information content (AvgIpc) is 2.62. The predicted octanol–water partition coefficient (Wildman–Crippen LogP) is 2.31. The smallest absolute Gasteiger partial charge is 0.274 e. The Morgan fingerprint density at radius 3 is 2.40 bits per heavy atom. The van der Waals surface area contributed by atoms with Crippen molar-refractivity contribution in [2.45, 2.75) is 13.8 Å². The second-order valence-corrected chi connectivity index (χ2v) is 6.13. The Morgan fingerprint density at radius 1 is 1.00 bits per heavy atom. The molecule has 6 nitrogen and oxygen atoms in total. The predicted molar refractivity (Wildman–Crippen MR) is 97.8 cm³/mol. The lowest BCUT2D eigenvalue weighted by atomic mass is 10.2. The van der Waals surface area contributed by atoms with Gasteiger partial charge in [-0.15, -0.1) is 0 Å². The molecule has 0 atom stereocenters. The van der Waals surface area contributed by atoms with Crippen molar-refractivity contribution in [1.29, 1.82) is 0 Å². The molecular weight excluding hydrogens is 316 g/mol. The molecule has 0 saturated carbocycles. The van der Waals surface area contributed by atoms with Gasteiger partial charge in [0.05, 0.1) is 11.4 Å². The Hall–Kier alpha value is -2.89. The number of anilines is 2. The van der Waals surface area contributed by atoms with Gasteiger partial charge in [0.2, 0.25) is 5.91 Å². The van der Waals surface area contributed by atoms with Crippen molar-refractivity contribution in [2.24, 2.45) is 0 Å². The van der Waals surface area contributed by atoms with Crippen molar-refractivity contribution in [3.63, 3.8) is 0 Å². The van der Waals surface area contributed by atoms with E-state index in [2.05, 4.69) is 15.2 Å². The molecule has 1 saturated heterocycles. The van der Waals surface area contributed by atoms with Crippen molar-refractivity contribution >= 4 is 23.2 Å². The zero-order chi connectivity index (χ0) is 17.8. The molecule has 1 aliphatic heterocycles. The Bertz CT molecular complexity index is 782. The van der Waals surface area contributed by atoms with Gasteiger partial charge in [-0.2, -0.15) is 0 Å². The topological polar surface area (TPSA) is 65.5 Å². The number of nitrogens with zero attached hydrogens (tertiary/aromatic N) is 3. The molecule has 1 N–H and O–H groups in total. The summed E-state index contributed by atoms with van der Waals surface area (Å²) >= 11 is 0. The van der Waals surface area contributed by atoms with Crippen LogP contribution in [0.4, 0.5) is 11.4 Å². The summed E-state index contributed by atoms with van der Waals surface area (Å²) < 4.78 is 0. The van der Waals surface area contributed by atoms with Crippen LogP contribution < -0.4 is 10.2 Å². The molecule has 0 spiro atoms. The normalized spacial score (nSPS) is 14.3. The third kappa shape index (κ3) is 3.96. The van der Waals surface area contributed by atoms with E-state index in [1.54, 1.807) is 13.0 Å². The summed E-state index contributed by atoms with van der Waals surface area (Å²) in [6.45, 7) is 6.33. The highest BCUT2D eigenvalue weighted by Gasteiger charge is 2.21. The van der Waals surface area contributed by atoms with Crippen molar-refractivity contribution in [1.82, 2.24) is 9.88 Å². The number of amides is 2. The van der Waals surface area contributed by atoms with E-state index in [1.165, 1.54) is 0 Å². The number of nitrogens with one attached hydrogen (secondary N) is 1. The van der Waals surface area contributed by atoms with Gasteiger partial charge in [0.15, 0.2) is 0 Å². The van der Waals surface area contributed by atoms with E-state index in [-0.39, 0.29) is 11.8 Å². The maximum absolute atomic E-state index is 12.5. The van der Waals surface area contributed by atoms with Crippen LogP contribution in [0.25, 0.3) is 0 Å². The first-order chi connectivity index (χ1) is 12.0. The third-order valence-corrected chi connectivity index (χ3v) is 4.34. The fourth-order valence-electron chi connectivity index (χ4n) is 2.97. The summed E-state index contributed by atoms with van der Waals surface area (Å²) in [6.07, 6.45) is 0. The SMILES string of the molecule is CC(=O)N1CCN(c2ccccc2NC(=O)c2cccc(C)n2)CC1. The lowest BCUT2D eigenvalue weighted by Gasteiger charge is -2.36. The average molecular weight is 338 g/mol. The maximum Gasteiger partial charge on any atom is 0.274 e. The van der Waals surface area contributed by atoms with Crippen LogP contribution in [0.15, 0.2) is 42.5 Å². The number of pyridine rings is 1. The van der Waals surface area contributed by atoms with Crippen molar-refractivity contribution in [3.05, 3.63) is 53.9 Å². The Morgan fingerprint density at radius 2 is 1.72 bits per heavy atom. The number of carbonyl (C=O) groups is 2. The number of para-hydroxylation sites is 2. The van der Waals surface area contributed by atoms with Gasteiger partial charge in [-0.25, -0.2) is 4.98 Å². The second-order valence-electron chi connectivity index (χ2n) is 6.13. The molecule has 2 amide bonds. The molecule has 25 heavy (non-hydrogen) atoms. The lowest BCUT2D eigenvalue weighted by molar-refractivity contribution is -0.129. The number of hydrogen-bond acceptors (Lipinski definition) is 4. The summed E-state index contributed by atoms with van der Waals surface area (Å²) in [6, 6.07) is 13.1. The van der Waals surface area contributed by atoms with Crippen molar-refractivity contribution in [3.8, 4) is 0 Å². The largest absolute Gasteiger partial charge is 0.366 e. The minimum absolute atomic E-state index is 0.103. The first kappa shape index (κ1) is 17.0. The fourth-order valence-corrected chi connectivity index (χ4v) is 2.97. The first-order valence-electron chi connectivity index (χ1n) is 8.39. The molecule has 0 unspecified atom stereocenters. The summed E-state index contributed by atoms with van der Waals surface area (Å²) in [4.78, 5) is 32.3. The number of aryl methyl sites for hydroxylation is 1. The monoisotopic (exact) mass is 338 g/mol. The van der Waals surface area contributed by atoms with Crippen molar-refractivity contribution < 1.29 is 9.59 Å². The molecule has 6 heteroatoms. The second kappa shape index (κ2) is 7.34. The Labute approximate surface area is 147 Å². The van der Waals surface area contributed by atoms with Gasteiger partial charge in [-0.3, -0.25) is 9.59 Å². The van der Waals surface area contributed by atoms with E-state index in [0.29, 0.717) is 18.8 Å². The van der Waals surface area contributed by atoms with Crippen LogP contribution in [0.2, 0.25) is 0 Å². The van der Waals surface area contributed by atoms with Gasteiger partial charge in [0.1, 0.15) is 5.69 Å². The molecule has 0 aliphatic carbocycles. The van der Waals surface area contributed by atoms with Gasteiger partial charge in [-0.05, 0) is 31.2 Å². The molecule has 1 fully saturated rings. The van der Waals surface area contributed by atoms with Gasteiger partial charge in [-0.1, -0.05) is 18.2 Å². The highest BCUT2D eigenvalue weighted by Crippen LogP contribution is 2.27. The minimum atomic E-state index is -0.224. The summed E-state index contributed by atoms with van der Waals surface area (Å²) in [7, 11) is 0. The van der Waals surface area contributed by atoms with E-state index in [1.807, 2.05) is 48.2 Å². The van der Waals surface area contributed by atoms with Crippen LogP contribution in [0, 0.1) is 6.92 Å². The summed E-state index contributed by atoms with van der Waals surface area (Å²) in [5.74, 6) is -0.120. The van der Waals surface area contributed by atoms with Gasteiger partial charge in [0.25, 0.3) is 5.91 Å². The first-order valence-corrected chi connectivity index (χ1v) is 8.39. The molecule has 3 rings (SSSR count). The minimum Gasteiger partial charge on any atom is -0.366 e. The van der Waals surface area contributed by atoms with Gasteiger partial charge in [0, 0.05) is 38.8 Å². The van der Waals surface area contributed by atoms with E-state index in [9.17, 15) is 9.59 Å². The molecule has 1 aromatic heterocycles. The molecule has 130 valence electrons. The molecule has 2 heterocycles. The number of piperazine rings is 1. The molecular formula is C19H22N4O2. The Kier molecular flexibility index (Phi) is 4.97.